The van der Waals surface area contributed by atoms with Crippen molar-refractivity contribution in [2.24, 2.45) is 0 Å². The Labute approximate surface area is 61.8 Å². The third kappa shape index (κ3) is 5.32. The maximum absolute atomic E-state index is 4.85. The van der Waals surface area contributed by atoms with Gasteiger partial charge in [-0.1, -0.05) is 25.1 Å². The predicted molar refractivity (Wildman–Crippen MR) is 44.3 cm³/mol. The lowest BCUT2D eigenvalue weighted by Gasteiger charge is -1.92. The van der Waals surface area contributed by atoms with Gasteiger partial charge in [0.1, 0.15) is 0 Å². The predicted octanol–water partition coefficient (Wildman–Crippen LogP) is 1.34. The minimum atomic E-state index is 0.694. The van der Waals surface area contributed by atoms with E-state index in [1.54, 1.807) is 0 Å². The van der Waals surface area contributed by atoms with Crippen LogP contribution in [0.5, 0.6) is 0 Å². The van der Waals surface area contributed by atoms with E-state index in [1.807, 2.05) is 14.0 Å². The average Bonchev–Trinajstić information content (AvgIpc) is 1.89. The molecule has 1 N–H and O–H groups in total. The molecule has 2 heteroatoms. The summed E-state index contributed by atoms with van der Waals surface area (Å²) in [6.45, 7) is 2.02. The molecule has 50 valence electrons. The normalized spacial score (nSPS) is 7.33. The molecule has 0 rings (SSSR count). The van der Waals surface area contributed by atoms with Crippen molar-refractivity contribution in [1.82, 2.24) is 5.32 Å². The number of rotatable bonds is 1. The fourth-order valence-electron chi connectivity index (χ4n) is 0.356. The molecule has 0 aliphatic rings. The van der Waals surface area contributed by atoms with Crippen molar-refractivity contribution in [3.63, 3.8) is 0 Å². The fraction of sp³-hybridized carbons (Fsp3) is 0.571. The topological polar surface area (TPSA) is 12.0 Å². The Morgan fingerprint density at radius 3 is 2.67 bits per heavy atom. The van der Waals surface area contributed by atoms with Crippen LogP contribution in [-0.2, 0) is 0 Å². The first-order chi connectivity index (χ1) is 4.31. The summed E-state index contributed by atoms with van der Waals surface area (Å²) in [6.07, 6.45) is 1.60. The van der Waals surface area contributed by atoms with Crippen molar-refractivity contribution in [3.05, 3.63) is 0 Å². The molecule has 0 aromatic carbocycles. The molecule has 0 unspecified atom stereocenters. The third-order valence-electron chi connectivity index (χ3n) is 0.830. The van der Waals surface area contributed by atoms with Crippen LogP contribution >= 0.6 is 12.2 Å². The van der Waals surface area contributed by atoms with E-state index in [4.69, 9.17) is 12.2 Å². The summed E-state index contributed by atoms with van der Waals surface area (Å²) in [5.74, 6) is 5.87. The van der Waals surface area contributed by atoms with Crippen molar-refractivity contribution in [2.45, 2.75) is 19.8 Å². The highest BCUT2D eigenvalue weighted by Crippen LogP contribution is 1.78. The van der Waals surface area contributed by atoms with Gasteiger partial charge in [0, 0.05) is 13.5 Å². The molecule has 0 amide bonds. The zero-order valence-corrected chi connectivity index (χ0v) is 6.64. The van der Waals surface area contributed by atoms with Crippen LogP contribution in [0.3, 0.4) is 0 Å². The molecule has 0 saturated carbocycles. The Morgan fingerprint density at radius 1 is 1.56 bits per heavy atom. The first-order valence-electron chi connectivity index (χ1n) is 2.97. The summed E-state index contributed by atoms with van der Waals surface area (Å²) >= 11 is 4.85. The Hall–Kier alpha value is -0.550. The molecule has 9 heavy (non-hydrogen) atoms. The van der Waals surface area contributed by atoms with Gasteiger partial charge in [-0.2, -0.15) is 0 Å². The second-order valence-electron chi connectivity index (χ2n) is 1.56. The van der Waals surface area contributed by atoms with Gasteiger partial charge in [-0.3, -0.25) is 0 Å². The summed E-state index contributed by atoms with van der Waals surface area (Å²) in [5, 5.41) is 2.85. The zero-order valence-electron chi connectivity index (χ0n) is 5.82. The molecular formula is C7H11NS. The summed E-state index contributed by atoms with van der Waals surface area (Å²) in [7, 11) is 1.82. The van der Waals surface area contributed by atoms with E-state index in [2.05, 4.69) is 17.2 Å². The van der Waals surface area contributed by atoms with Gasteiger partial charge >= 0.3 is 0 Å². The van der Waals surface area contributed by atoms with Crippen LogP contribution in [0.2, 0.25) is 0 Å². The van der Waals surface area contributed by atoms with Gasteiger partial charge in [-0.15, -0.1) is 5.92 Å². The first-order valence-corrected chi connectivity index (χ1v) is 3.38. The lowest BCUT2D eigenvalue weighted by molar-refractivity contribution is 1.17. The van der Waals surface area contributed by atoms with Gasteiger partial charge < -0.3 is 5.32 Å². The molecule has 0 saturated heterocycles. The quantitative estimate of drug-likeness (QED) is 0.437. The minimum absolute atomic E-state index is 0.694. The second kappa shape index (κ2) is 5.58. The highest BCUT2D eigenvalue weighted by atomic mass is 32.1. The van der Waals surface area contributed by atoms with Crippen molar-refractivity contribution in [1.29, 1.82) is 0 Å². The Kier molecular flexibility index (Phi) is 5.24. The monoisotopic (exact) mass is 141 g/mol. The molecule has 0 heterocycles. The fourth-order valence-corrected chi connectivity index (χ4v) is 0.428. The van der Waals surface area contributed by atoms with E-state index in [-0.39, 0.29) is 0 Å². The van der Waals surface area contributed by atoms with Crippen LogP contribution < -0.4 is 5.32 Å². The Morgan fingerprint density at radius 2 is 2.22 bits per heavy atom. The maximum Gasteiger partial charge on any atom is 0.0871 e. The lowest BCUT2D eigenvalue weighted by Crippen LogP contribution is -2.13. The number of nitrogens with one attached hydrogen (secondary N) is 1. The van der Waals surface area contributed by atoms with Gasteiger partial charge in [0.2, 0.25) is 0 Å². The second-order valence-corrected chi connectivity index (χ2v) is 2.05. The van der Waals surface area contributed by atoms with E-state index >= 15 is 0 Å². The summed E-state index contributed by atoms with van der Waals surface area (Å²) in [6, 6.07) is 0. The van der Waals surface area contributed by atoms with Gasteiger partial charge in [-0.25, -0.2) is 0 Å². The summed E-state index contributed by atoms with van der Waals surface area (Å²) in [5.41, 5.74) is 0. The Balaban J connectivity index is 3.37. The first kappa shape index (κ1) is 8.45. The smallest absolute Gasteiger partial charge is 0.0871 e. The summed E-state index contributed by atoms with van der Waals surface area (Å²) in [4.78, 5) is 0.816. The van der Waals surface area contributed by atoms with Crippen LogP contribution in [0.4, 0.5) is 0 Å². The van der Waals surface area contributed by atoms with Crippen molar-refractivity contribution in [3.8, 4) is 11.8 Å². The van der Waals surface area contributed by atoms with Crippen LogP contribution in [-0.4, -0.2) is 12.0 Å². The maximum atomic E-state index is 4.85. The molecule has 0 aliphatic heterocycles. The molecule has 0 radical (unpaired) electrons. The molecule has 0 fully saturated rings. The van der Waals surface area contributed by atoms with Crippen LogP contribution in [0, 0.1) is 11.8 Å². The van der Waals surface area contributed by atoms with Crippen molar-refractivity contribution in [2.75, 3.05) is 7.05 Å². The van der Waals surface area contributed by atoms with Gasteiger partial charge in [0.15, 0.2) is 0 Å². The zero-order chi connectivity index (χ0) is 7.11. The van der Waals surface area contributed by atoms with E-state index in [1.165, 1.54) is 0 Å². The number of hydrogen-bond donors (Lipinski definition) is 1. The largest absolute Gasteiger partial charge is 0.382 e. The molecule has 1 nitrogen and oxygen atoms in total. The number of thiocarbonyl (C=S) groups is 1. The highest BCUT2D eigenvalue weighted by Gasteiger charge is 1.83. The number of hydrogen-bond acceptors (Lipinski definition) is 1. The van der Waals surface area contributed by atoms with Gasteiger partial charge in [0.05, 0.1) is 11.4 Å². The van der Waals surface area contributed by atoms with E-state index in [0.717, 1.165) is 11.4 Å². The molecular weight excluding hydrogens is 130 g/mol. The van der Waals surface area contributed by atoms with E-state index < -0.39 is 0 Å². The van der Waals surface area contributed by atoms with Crippen LogP contribution in [0.15, 0.2) is 0 Å². The standard InChI is InChI=1S/C7H11NS/c1-3-4-5-6-7(9)8-2/h3,6H2,1-2H3,(H,8,9). The SMILES string of the molecule is CCC#CCC(=S)NC. The highest BCUT2D eigenvalue weighted by molar-refractivity contribution is 7.80. The summed E-state index contributed by atoms with van der Waals surface area (Å²) < 4.78 is 0. The van der Waals surface area contributed by atoms with E-state index in [0.29, 0.717) is 6.42 Å². The molecule has 0 aliphatic carbocycles. The van der Waals surface area contributed by atoms with Gasteiger partial charge in [-0.05, 0) is 0 Å². The third-order valence-corrected chi connectivity index (χ3v) is 1.18. The molecule has 0 spiro atoms. The molecule has 0 aromatic rings. The van der Waals surface area contributed by atoms with Crippen LogP contribution in [0.25, 0.3) is 0 Å². The molecule has 0 aromatic heterocycles. The Bertz CT molecular complexity index is 141. The van der Waals surface area contributed by atoms with Crippen molar-refractivity contribution >= 4 is 17.2 Å². The van der Waals surface area contributed by atoms with Crippen molar-refractivity contribution < 1.29 is 0 Å². The lowest BCUT2D eigenvalue weighted by atomic mass is 10.4. The molecule has 0 bridgehead atoms. The van der Waals surface area contributed by atoms with E-state index in [9.17, 15) is 0 Å². The van der Waals surface area contributed by atoms with Gasteiger partial charge in [0.25, 0.3) is 0 Å². The van der Waals surface area contributed by atoms with Crippen LogP contribution in [0.1, 0.15) is 19.8 Å². The molecule has 0 atom stereocenters. The minimum Gasteiger partial charge on any atom is -0.382 e. The average molecular weight is 141 g/mol.